The molecule has 2 rings (SSSR count). The van der Waals surface area contributed by atoms with Crippen molar-refractivity contribution in [3.8, 4) is 5.75 Å². The van der Waals surface area contributed by atoms with Gasteiger partial charge in [0.2, 0.25) is 5.91 Å². The normalized spacial score (nSPS) is 11.6. The Morgan fingerprint density at radius 1 is 1.08 bits per heavy atom. The van der Waals surface area contributed by atoms with Gasteiger partial charge in [0.05, 0.1) is 12.6 Å². The van der Waals surface area contributed by atoms with Crippen LogP contribution in [0.1, 0.15) is 43.4 Å². The lowest BCUT2D eigenvalue weighted by molar-refractivity contribution is -0.306. The Balaban J connectivity index is 1.91. The first-order valence-corrected chi connectivity index (χ1v) is 8.84. The first-order chi connectivity index (χ1) is 12.6. The lowest BCUT2D eigenvalue weighted by atomic mass is 10.0. The maximum atomic E-state index is 12.2. The lowest BCUT2D eigenvalue weighted by Crippen LogP contribution is -2.34. The molecular formula is C21H24NO4-. The summed E-state index contributed by atoms with van der Waals surface area (Å²) in [5.41, 5.74) is 1.90. The van der Waals surface area contributed by atoms with Gasteiger partial charge in [-0.3, -0.25) is 4.79 Å². The van der Waals surface area contributed by atoms with Gasteiger partial charge in [0, 0.05) is 18.8 Å². The van der Waals surface area contributed by atoms with Crippen LogP contribution in [0.5, 0.6) is 5.75 Å². The maximum absolute atomic E-state index is 12.2. The van der Waals surface area contributed by atoms with Crippen LogP contribution in [0.4, 0.5) is 0 Å². The molecule has 0 radical (unpaired) electrons. The van der Waals surface area contributed by atoms with E-state index >= 15 is 0 Å². The van der Waals surface area contributed by atoms with E-state index < -0.39 is 12.0 Å². The summed E-state index contributed by atoms with van der Waals surface area (Å²) in [6.45, 7) is 2.45. The van der Waals surface area contributed by atoms with Crippen LogP contribution < -0.4 is 15.2 Å². The van der Waals surface area contributed by atoms with Gasteiger partial charge in [0.1, 0.15) is 5.75 Å². The Kier molecular flexibility index (Phi) is 7.68. The average molecular weight is 354 g/mol. The van der Waals surface area contributed by atoms with E-state index in [0.717, 1.165) is 6.42 Å². The first kappa shape index (κ1) is 19.5. The Bertz CT molecular complexity index is 698. The van der Waals surface area contributed by atoms with E-state index in [1.807, 2.05) is 37.3 Å². The minimum Gasteiger partial charge on any atom is -0.550 e. The Labute approximate surface area is 154 Å². The largest absolute Gasteiger partial charge is 0.550 e. The van der Waals surface area contributed by atoms with Crippen molar-refractivity contribution >= 4 is 11.9 Å². The lowest BCUT2D eigenvalue weighted by Gasteiger charge is -2.20. The summed E-state index contributed by atoms with van der Waals surface area (Å²) in [5, 5.41) is 13.8. The SMILES string of the molecule is CCOc1ccc(C(CC(=O)[O-])NC(=O)CCCc2ccccc2)cc1. The standard InChI is InChI=1S/C21H25NO4/c1-2-26-18-13-11-17(12-14-18)19(15-21(24)25)22-20(23)10-6-9-16-7-4-3-5-8-16/h3-5,7-8,11-14,19H,2,6,9-10,15H2,1H3,(H,22,23)(H,24,25)/p-1. The smallest absolute Gasteiger partial charge is 0.220 e. The van der Waals surface area contributed by atoms with Crippen LogP contribution in [0.2, 0.25) is 0 Å². The third kappa shape index (κ3) is 6.59. The van der Waals surface area contributed by atoms with Crippen molar-refractivity contribution in [2.45, 2.75) is 38.6 Å². The van der Waals surface area contributed by atoms with Crippen LogP contribution in [0.15, 0.2) is 54.6 Å². The zero-order valence-corrected chi connectivity index (χ0v) is 14.9. The van der Waals surface area contributed by atoms with Gasteiger partial charge in [-0.1, -0.05) is 42.5 Å². The minimum absolute atomic E-state index is 0.166. The zero-order chi connectivity index (χ0) is 18.8. The van der Waals surface area contributed by atoms with Gasteiger partial charge in [0.15, 0.2) is 0 Å². The third-order valence-electron chi connectivity index (χ3n) is 4.01. The molecule has 0 aliphatic heterocycles. The second-order valence-corrected chi connectivity index (χ2v) is 6.04. The maximum Gasteiger partial charge on any atom is 0.220 e. The topological polar surface area (TPSA) is 78.5 Å². The molecule has 0 aromatic heterocycles. The Morgan fingerprint density at radius 2 is 1.77 bits per heavy atom. The average Bonchev–Trinajstić information content (AvgIpc) is 2.63. The van der Waals surface area contributed by atoms with Gasteiger partial charge in [-0.05, 0) is 43.0 Å². The van der Waals surface area contributed by atoms with Crippen LogP contribution in [0.25, 0.3) is 0 Å². The van der Waals surface area contributed by atoms with E-state index in [9.17, 15) is 14.7 Å². The number of carboxylic acids is 1. The molecule has 0 saturated carbocycles. The summed E-state index contributed by atoms with van der Waals surface area (Å²) in [7, 11) is 0. The van der Waals surface area contributed by atoms with E-state index in [0.29, 0.717) is 30.8 Å². The van der Waals surface area contributed by atoms with Crippen LogP contribution in [-0.2, 0) is 16.0 Å². The van der Waals surface area contributed by atoms with Crippen LogP contribution in [-0.4, -0.2) is 18.5 Å². The third-order valence-corrected chi connectivity index (χ3v) is 4.01. The van der Waals surface area contributed by atoms with Crippen molar-refractivity contribution in [3.05, 3.63) is 65.7 Å². The van der Waals surface area contributed by atoms with Crippen molar-refractivity contribution in [1.29, 1.82) is 0 Å². The fraction of sp³-hybridized carbons (Fsp3) is 0.333. The molecule has 0 saturated heterocycles. The number of carbonyl (C=O) groups excluding carboxylic acids is 2. The predicted molar refractivity (Wildman–Crippen MR) is 97.5 cm³/mol. The first-order valence-electron chi connectivity index (χ1n) is 8.84. The molecular weight excluding hydrogens is 330 g/mol. The molecule has 2 aromatic rings. The fourth-order valence-electron chi connectivity index (χ4n) is 2.75. The molecule has 2 aromatic carbocycles. The fourth-order valence-corrected chi connectivity index (χ4v) is 2.75. The summed E-state index contributed by atoms with van der Waals surface area (Å²) in [4.78, 5) is 23.3. The number of amides is 1. The monoisotopic (exact) mass is 354 g/mol. The molecule has 5 nitrogen and oxygen atoms in total. The highest BCUT2D eigenvalue weighted by Crippen LogP contribution is 2.20. The summed E-state index contributed by atoms with van der Waals surface area (Å²) in [6.07, 6.45) is 1.59. The molecule has 0 bridgehead atoms. The summed E-state index contributed by atoms with van der Waals surface area (Å²) < 4.78 is 5.38. The molecule has 1 amide bonds. The highest BCUT2D eigenvalue weighted by molar-refractivity contribution is 5.77. The number of benzene rings is 2. The highest BCUT2D eigenvalue weighted by Gasteiger charge is 2.15. The second kappa shape index (κ2) is 10.2. The number of carboxylic acid groups (broad SMARTS) is 1. The molecule has 0 aliphatic rings. The number of aryl methyl sites for hydroxylation is 1. The van der Waals surface area contributed by atoms with E-state index in [2.05, 4.69) is 5.32 Å². The van der Waals surface area contributed by atoms with E-state index in [1.165, 1.54) is 5.56 Å². The number of hydrogen-bond donors (Lipinski definition) is 1. The van der Waals surface area contributed by atoms with Crippen LogP contribution in [0, 0.1) is 0 Å². The van der Waals surface area contributed by atoms with Crippen molar-refractivity contribution in [2.24, 2.45) is 0 Å². The number of rotatable bonds is 10. The van der Waals surface area contributed by atoms with Crippen LogP contribution >= 0.6 is 0 Å². The Hall–Kier alpha value is -2.82. The molecule has 1 N–H and O–H groups in total. The molecule has 1 unspecified atom stereocenters. The van der Waals surface area contributed by atoms with E-state index in [-0.39, 0.29) is 12.3 Å². The van der Waals surface area contributed by atoms with Crippen molar-refractivity contribution in [1.82, 2.24) is 5.32 Å². The quantitative estimate of drug-likeness (QED) is 0.711. The van der Waals surface area contributed by atoms with Crippen molar-refractivity contribution in [2.75, 3.05) is 6.61 Å². The predicted octanol–water partition coefficient (Wildman–Crippen LogP) is 2.41. The zero-order valence-electron chi connectivity index (χ0n) is 14.9. The molecule has 26 heavy (non-hydrogen) atoms. The number of hydrogen-bond acceptors (Lipinski definition) is 4. The second-order valence-electron chi connectivity index (χ2n) is 6.04. The van der Waals surface area contributed by atoms with E-state index in [1.54, 1.807) is 24.3 Å². The number of carbonyl (C=O) groups is 2. The highest BCUT2D eigenvalue weighted by atomic mass is 16.5. The molecule has 0 heterocycles. The molecule has 1 atom stereocenters. The van der Waals surface area contributed by atoms with Gasteiger partial charge in [-0.2, -0.15) is 0 Å². The minimum atomic E-state index is -1.20. The van der Waals surface area contributed by atoms with Gasteiger partial charge in [-0.15, -0.1) is 0 Å². The number of aliphatic carboxylic acids is 1. The summed E-state index contributed by atoms with van der Waals surface area (Å²) in [6, 6.07) is 16.4. The Morgan fingerprint density at radius 3 is 2.38 bits per heavy atom. The van der Waals surface area contributed by atoms with Gasteiger partial charge in [0.25, 0.3) is 0 Å². The van der Waals surface area contributed by atoms with Crippen molar-refractivity contribution < 1.29 is 19.4 Å². The number of ether oxygens (including phenoxy) is 1. The van der Waals surface area contributed by atoms with Gasteiger partial charge >= 0.3 is 0 Å². The van der Waals surface area contributed by atoms with E-state index in [4.69, 9.17) is 4.74 Å². The summed E-state index contributed by atoms with van der Waals surface area (Å²) in [5.74, 6) is -0.660. The van der Waals surface area contributed by atoms with Gasteiger partial charge in [-0.25, -0.2) is 0 Å². The van der Waals surface area contributed by atoms with Crippen LogP contribution in [0.3, 0.4) is 0 Å². The molecule has 0 aliphatic carbocycles. The molecule has 0 fully saturated rings. The summed E-state index contributed by atoms with van der Waals surface area (Å²) >= 11 is 0. The number of nitrogens with one attached hydrogen (secondary N) is 1. The van der Waals surface area contributed by atoms with Crippen molar-refractivity contribution in [3.63, 3.8) is 0 Å². The van der Waals surface area contributed by atoms with Gasteiger partial charge < -0.3 is 20.0 Å². The molecule has 5 heteroatoms. The molecule has 138 valence electrons. The molecule has 0 spiro atoms.